The second-order valence-corrected chi connectivity index (χ2v) is 5.85. The lowest BCUT2D eigenvalue weighted by molar-refractivity contribution is -0.138. The maximum Gasteiger partial charge on any atom is 0.252 e. The highest BCUT2D eigenvalue weighted by atomic mass is 16.6. The molecule has 2 aromatic heterocycles. The monoisotopic (exact) mass is 301 g/mol. The average molecular weight is 301 g/mol. The van der Waals surface area contributed by atoms with Crippen LogP contribution < -0.4 is 4.74 Å². The maximum absolute atomic E-state index is 12.7. The fraction of sp³-hybridized carbons (Fsp3) is 0.357. The van der Waals surface area contributed by atoms with Crippen LogP contribution in [0.25, 0.3) is 11.0 Å². The minimum Gasteiger partial charge on any atom is -0.459 e. The molecule has 3 rings (SSSR count). The van der Waals surface area contributed by atoms with Gasteiger partial charge in [-0.3, -0.25) is 4.79 Å². The van der Waals surface area contributed by atoms with E-state index in [1.165, 1.54) is 17.3 Å². The second-order valence-electron chi connectivity index (χ2n) is 5.85. The maximum atomic E-state index is 12.7. The van der Waals surface area contributed by atoms with E-state index >= 15 is 0 Å². The number of ketones is 1. The Labute approximate surface area is 126 Å². The van der Waals surface area contributed by atoms with Crippen molar-refractivity contribution < 1.29 is 14.2 Å². The van der Waals surface area contributed by atoms with E-state index in [2.05, 4.69) is 20.4 Å². The molecule has 8 heteroatoms. The molecule has 0 saturated carbocycles. The fourth-order valence-corrected chi connectivity index (χ4v) is 1.93. The zero-order valence-electron chi connectivity index (χ0n) is 12.4. The number of Topliss-reactive ketones (excluding diaryl/α,β-unsaturated/α-hetero) is 1. The predicted molar refractivity (Wildman–Crippen MR) is 76.0 cm³/mol. The van der Waals surface area contributed by atoms with E-state index in [9.17, 15) is 4.79 Å². The van der Waals surface area contributed by atoms with Crippen molar-refractivity contribution in [2.45, 2.75) is 27.0 Å². The summed E-state index contributed by atoms with van der Waals surface area (Å²) in [5.74, 6) is 0.267. The molecule has 0 radical (unpaired) electrons. The Morgan fingerprint density at radius 3 is 2.82 bits per heavy atom. The van der Waals surface area contributed by atoms with Gasteiger partial charge in [-0.1, -0.05) is 26.8 Å². The molecule has 0 fully saturated rings. The quantitative estimate of drug-likeness (QED) is 0.727. The van der Waals surface area contributed by atoms with Crippen LogP contribution in [0.1, 0.15) is 27.0 Å². The third kappa shape index (κ3) is 2.54. The Morgan fingerprint density at radius 1 is 1.32 bits per heavy atom. The van der Waals surface area contributed by atoms with Crippen LogP contribution in [0.15, 0.2) is 35.5 Å². The Morgan fingerprint density at radius 2 is 2.14 bits per heavy atom. The van der Waals surface area contributed by atoms with Gasteiger partial charge in [-0.2, -0.15) is 5.10 Å². The SMILES string of the molecule is CC(C)(C)C(=O)[C@@H](Oc1cccc2nonc12)n1cncn1. The number of fused-ring (bicyclic) bond motifs is 1. The van der Waals surface area contributed by atoms with Crippen LogP contribution in [0.3, 0.4) is 0 Å². The van der Waals surface area contributed by atoms with E-state index in [4.69, 9.17) is 9.37 Å². The molecule has 1 atom stereocenters. The van der Waals surface area contributed by atoms with Crippen LogP contribution in [0.4, 0.5) is 0 Å². The molecule has 8 nitrogen and oxygen atoms in total. The van der Waals surface area contributed by atoms with Crippen molar-refractivity contribution in [3.8, 4) is 5.75 Å². The van der Waals surface area contributed by atoms with Crippen LogP contribution in [0.5, 0.6) is 5.75 Å². The molecule has 0 aliphatic carbocycles. The molecule has 3 aromatic rings. The van der Waals surface area contributed by atoms with Gasteiger partial charge in [0.2, 0.25) is 5.78 Å². The van der Waals surface area contributed by atoms with Crippen molar-refractivity contribution in [1.29, 1.82) is 0 Å². The summed E-state index contributed by atoms with van der Waals surface area (Å²) in [6.07, 6.45) is 1.85. The number of benzene rings is 1. The Bertz CT molecular complexity index is 788. The fourth-order valence-electron chi connectivity index (χ4n) is 1.93. The van der Waals surface area contributed by atoms with Crippen molar-refractivity contribution in [2.75, 3.05) is 0 Å². The van der Waals surface area contributed by atoms with Crippen LogP contribution in [-0.4, -0.2) is 30.9 Å². The molecule has 0 aliphatic rings. The van der Waals surface area contributed by atoms with Gasteiger partial charge in [0.15, 0.2) is 11.3 Å². The first-order valence-corrected chi connectivity index (χ1v) is 6.73. The lowest BCUT2D eigenvalue weighted by Gasteiger charge is -2.25. The zero-order chi connectivity index (χ0) is 15.7. The van der Waals surface area contributed by atoms with Gasteiger partial charge in [0.05, 0.1) is 0 Å². The molecule has 0 saturated heterocycles. The summed E-state index contributed by atoms with van der Waals surface area (Å²) in [4.78, 5) is 16.5. The number of ether oxygens (including phenoxy) is 1. The van der Waals surface area contributed by atoms with Gasteiger partial charge >= 0.3 is 0 Å². The van der Waals surface area contributed by atoms with Gasteiger partial charge in [-0.25, -0.2) is 14.3 Å². The predicted octanol–water partition coefficient (Wildman–Crippen LogP) is 2.01. The lowest BCUT2D eigenvalue weighted by Crippen LogP contribution is -2.34. The second kappa shape index (κ2) is 5.21. The smallest absolute Gasteiger partial charge is 0.252 e. The van der Waals surface area contributed by atoms with Gasteiger partial charge in [0, 0.05) is 5.41 Å². The van der Waals surface area contributed by atoms with Crippen LogP contribution in [0, 0.1) is 5.41 Å². The van der Waals surface area contributed by atoms with Gasteiger partial charge in [0.1, 0.15) is 18.2 Å². The van der Waals surface area contributed by atoms with Crippen molar-refractivity contribution >= 4 is 16.8 Å². The Kier molecular flexibility index (Phi) is 3.36. The van der Waals surface area contributed by atoms with E-state index in [1.54, 1.807) is 18.2 Å². The summed E-state index contributed by atoms with van der Waals surface area (Å²) in [6.45, 7) is 5.46. The molecule has 0 spiro atoms. The summed E-state index contributed by atoms with van der Waals surface area (Å²) in [6, 6.07) is 5.20. The van der Waals surface area contributed by atoms with E-state index < -0.39 is 11.6 Å². The highest BCUT2D eigenvalue weighted by Crippen LogP contribution is 2.29. The largest absolute Gasteiger partial charge is 0.459 e. The number of aromatic nitrogens is 5. The van der Waals surface area contributed by atoms with E-state index in [0.717, 1.165) is 0 Å². The minimum atomic E-state index is -0.940. The number of carbonyl (C=O) groups excluding carboxylic acids is 1. The van der Waals surface area contributed by atoms with Gasteiger partial charge in [-0.05, 0) is 22.4 Å². The van der Waals surface area contributed by atoms with E-state index in [-0.39, 0.29) is 5.78 Å². The molecule has 2 heterocycles. The lowest BCUT2D eigenvalue weighted by atomic mass is 9.90. The summed E-state index contributed by atoms with van der Waals surface area (Å²) < 4.78 is 11.9. The molecule has 0 unspecified atom stereocenters. The first-order valence-electron chi connectivity index (χ1n) is 6.73. The van der Waals surface area contributed by atoms with Crippen molar-refractivity contribution in [3.05, 3.63) is 30.9 Å². The van der Waals surface area contributed by atoms with Gasteiger partial charge < -0.3 is 4.74 Å². The van der Waals surface area contributed by atoms with Crippen molar-refractivity contribution in [3.63, 3.8) is 0 Å². The third-order valence-corrected chi connectivity index (χ3v) is 3.13. The molecule has 22 heavy (non-hydrogen) atoms. The number of rotatable bonds is 4. The molecule has 114 valence electrons. The van der Waals surface area contributed by atoms with Crippen LogP contribution >= 0.6 is 0 Å². The molecule has 0 N–H and O–H groups in total. The molecule has 0 amide bonds. The number of hydrogen-bond acceptors (Lipinski definition) is 7. The molecular formula is C14H15N5O3. The van der Waals surface area contributed by atoms with Crippen LogP contribution in [-0.2, 0) is 4.79 Å². The Hall–Kier alpha value is -2.77. The summed E-state index contributed by atoms with van der Waals surface area (Å²) >= 11 is 0. The summed E-state index contributed by atoms with van der Waals surface area (Å²) in [5, 5.41) is 11.6. The highest BCUT2D eigenvalue weighted by molar-refractivity contribution is 5.87. The number of hydrogen-bond donors (Lipinski definition) is 0. The summed E-state index contributed by atoms with van der Waals surface area (Å²) in [5.41, 5.74) is 0.402. The average Bonchev–Trinajstić information content (AvgIpc) is 3.13. The zero-order valence-corrected chi connectivity index (χ0v) is 12.4. The molecule has 1 aromatic carbocycles. The summed E-state index contributed by atoms with van der Waals surface area (Å²) in [7, 11) is 0. The van der Waals surface area contributed by atoms with E-state index in [0.29, 0.717) is 16.8 Å². The minimum absolute atomic E-state index is 0.133. The third-order valence-electron chi connectivity index (χ3n) is 3.13. The van der Waals surface area contributed by atoms with Crippen molar-refractivity contribution in [1.82, 2.24) is 25.1 Å². The number of carbonyl (C=O) groups is 1. The first-order chi connectivity index (χ1) is 10.5. The molecule has 0 aliphatic heterocycles. The Balaban J connectivity index is 2.00. The van der Waals surface area contributed by atoms with E-state index in [1.807, 2.05) is 20.8 Å². The van der Waals surface area contributed by atoms with Crippen molar-refractivity contribution in [2.24, 2.45) is 5.41 Å². The molecular weight excluding hydrogens is 286 g/mol. The standard InChI is InChI=1S/C14H15N5O3/c1-14(2,3)12(20)13(19-8-15-7-16-19)21-10-6-4-5-9-11(10)18-22-17-9/h4-8,13H,1-3H3/t13-/m1/s1. The van der Waals surface area contributed by atoms with Gasteiger partial charge in [0.25, 0.3) is 6.23 Å². The van der Waals surface area contributed by atoms with Crippen LogP contribution in [0.2, 0.25) is 0 Å². The number of nitrogens with zero attached hydrogens (tertiary/aromatic N) is 5. The highest BCUT2D eigenvalue weighted by Gasteiger charge is 2.33. The first kappa shape index (κ1) is 14.2. The molecule has 0 bridgehead atoms. The normalized spacial score (nSPS) is 13.2. The topological polar surface area (TPSA) is 95.9 Å². The van der Waals surface area contributed by atoms with Gasteiger partial charge in [-0.15, -0.1) is 0 Å².